The third-order valence-electron chi connectivity index (χ3n) is 3.07. The first-order valence-corrected chi connectivity index (χ1v) is 6.86. The number of H-pyrrole nitrogens is 1. The van der Waals surface area contributed by atoms with Crippen LogP contribution in [0.25, 0.3) is 11.5 Å². The van der Waals surface area contributed by atoms with Crippen molar-refractivity contribution in [1.82, 2.24) is 15.6 Å². The highest BCUT2D eigenvalue weighted by Gasteiger charge is 2.12. The number of nitrogens with one attached hydrogen (secondary N) is 2. The second-order valence-corrected chi connectivity index (χ2v) is 4.87. The van der Waals surface area contributed by atoms with Crippen LogP contribution < -0.4 is 5.43 Å². The van der Waals surface area contributed by atoms with Gasteiger partial charge in [-0.15, -0.1) is 0 Å². The number of hydrogen-bond acceptors (Lipinski definition) is 5. The molecule has 0 spiro atoms. The van der Waals surface area contributed by atoms with Crippen LogP contribution in [-0.4, -0.2) is 27.4 Å². The molecule has 116 valence electrons. The van der Waals surface area contributed by atoms with E-state index in [-0.39, 0.29) is 11.4 Å². The van der Waals surface area contributed by atoms with Crippen LogP contribution >= 0.6 is 0 Å². The topological polar surface area (TPSA) is 104 Å². The minimum absolute atomic E-state index is 0.131. The molecule has 0 aliphatic heterocycles. The standard InChI is InChI=1S/C16H14N4O3/c1-10-5-6-15(23-10)13-8-14(19-18-13)16(22)20-17-9-11-3-2-4-12(21)7-11/h2-9,21H,1H3,(H,18,19)(H,20,22)/b17-9+. The fraction of sp³-hybridized carbons (Fsp3) is 0.0625. The Labute approximate surface area is 131 Å². The van der Waals surface area contributed by atoms with E-state index in [2.05, 4.69) is 20.7 Å². The van der Waals surface area contributed by atoms with Crippen LogP contribution in [-0.2, 0) is 0 Å². The van der Waals surface area contributed by atoms with Gasteiger partial charge in [0.25, 0.3) is 5.91 Å². The Bertz CT molecular complexity index is 864. The number of carbonyl (C=O) groups excluding carboxylic acids is 1. The number of aromatic hydroxyl groups is 1. The summed E-state index contributed by atoms with van der Waals surface area (Å²) in [6.07, 6.45) is 1.43. The van der Waals surface area contributed by atoms with E-state index in [0.29, 0.717) is 17.0 Å². The second kappa shape index (κ2) is 6.18. The SMILES string of the molecule is Cc1ccc(-c2cc(C(=O)N/N=C/c3cccc(O)c3)n[nH]2)o1. The number of hydrogen-bond donors (Lipinski definition) is 3. The molecule has 0 saturated heterocycles. The summed E-state index contributed by atoms with van der Waals surface area (Å²) < 4.78 is 5.46. The molecule has 0 unspecified atom stereocenters. The number of carbonyl (C=O) groups is 1. The summed E-state index contributed by atoms with van der Waals surface area (Å²) in [5.74, 6) is 1.06. The lowest BCUT2D eigenvalue weighted by molar-refractivity contribution is 0.0950. The van der Waals surface area contributed by atoms with E-state index in [1.807, 2.05) is 13.0 Å². The van der Waals surface area contributed by atoms with Gasteiger partial charge >= 0.3 is 0 Å². The predicted octanol–water partition coefficient (Wildman–Crippen LogP) is 2.45. The van der Waals surface area contributed by atoms with Gasteiger partial charge in [-0.25, -0.2) is 5.43 Å². The van der Waals surface area contributed by atoms with Gasteiger partial charge in [-0.1, -0.05) is 12.1 Å². The average Bonchev–Trinajstić information content (AvgIpc) is 3.16. The molecule has 3 aromatic rings. The molecule has 0 fully saturated rings. The third kappa shape index (κ3) is 3.46. The number of aromatic amines is 1. The van der Waals surface area contributed by atoms with Gasteiger partial charge in [0.1, 0.15) is 17.2 Å². The highest BCUT2D eigenvalue weighted by Crippen LogP contribution is 2.20. The Kier molecular flexibility index (Phi) is 3.92. The molecule has 7 heteroatoms. The molecule has 1 aromatic carbocycles. The van der Waals surface area contributed by atoms with Crippen molar-refractivity contribution in [3.63, 3.8) is 0 Å². The monoisotopic (exact) mass is 310 g/mol. The molecule has 2 heterocycles. The summed E-state index contributed by atoms with van der Waals surface area (Å²) in [4.78, 5) is 12.0. The van der Waals surface area contributed by atoms with Crippen LogP contribution in [0.1, 0.15) is 21.8 Å². The number of hydrazone groups is 1. The van der Waals surface area contributed by atoms with E-state index < -0.39 is 5.91 Å². The lowest BCUT2D eigenvalue weighted by atomic mass is 10.2. The molecule has 0 bridgehead atoms. The first kappa shape index (κ1) is 14.6. The summed E-state index contributed by atoms with van der Waals surface area (Å²) >= 11 is 0. The minimum atomic E-state index is -0.452. The largest absolute Gasteiger partial charge is 0.508 e. The van der Waals surface area contributed by atoms with E-state index >= 15 is 0 Å². The van der Waals surface area contributed by atoms with Gasteiger partial charge in [-0.05, 0) is 36.8 Å². The van der Waals surface area contributed by atoms with E-state index in [1.165, 1.54) is 12.3 Å². The Morgan fingerprint density at radius 3 is 2.96 bits per heavy atom. The summed E-state index contributed by atoms with van der Waals surface area (Å²) in [7, 11) is 0. The second-order valence-electron chi connectivity index (χ2n) is 4.87. The Hall–Kier alpha value is -3.35. The quantitative estimate of drug-likeness (QED) is 0.508. The van der Waals surface area contributed by atoms with Crippen LogP contribution in [0, 0.1) is 6.92 Å². The number of phenolic OH excluding ortho intramolecular Hbond substituents is 1. The van der Waals surface area contributed by atoms with Crippen LogP contribution in [0.2, 0.25) is 0 Å². The molecule has 0 saturated carbocycles. The fourth-order valence-corrected chi connectivity index (χ4v) is 1.97. The van der Waals surface area contributed by atoms with Crippen LogP contribution in [0.5, 0.6) is 5.75 Å². The molecular weight excluding hydrogens is 296 g/mol. The zero-order valence-electron chi connectivity index (χ0n) is 12.3. The van der Waals surface area contributed by atoms with Crippen molar-refractivity contribution in [3.8, 4) is 17.2 Å². The van der Waals surface area contributed by atoms with Crippen molar-refractivity contribution < 1.29 is 14.3 Å². The Balaban J connectivity index is 1.66. The molecule has 3 rings (SSSR count). The van der Waals surface area contributed by atoms with Gasteiger partial charge in [-0.2, -0.15) is 10.2 Å². The van der Waals surface area contributed by atoms with Crippen LogP contribution in [0.3, 0.4) is 0 Å². The van der Waals surface area contributed by atoms with E-state index in [4.69, 9.17) is 4.42 Å². The van der Waals surface area contributed by atoms with E-state index in [1.54, 1.807) is 30.3 Å². The zero-order valence-corrected chi connectivity index (χ0v) is 12.3. The number of furan rings is 1. The predicted molar refractivity (Wildman–Crippen MR) is 84.2 cm³/mol. The molecule has 2 aromatic heterocycles. The molecule has 23 heavy (non-hydrogen) atoms. The molecule has 0 aliphatic carbocycles. The molecule has 0 radical (unpaired) electrons. The van der Waals surface area contributed by atoms with Crippen molar-refractivity contribution in [3.05, 3.63) is 59.5 Å². The average molecular weight is 310 g/mol. The maximum atomic E-state index is 12.0. The maximum absolute atomic E-state index is 12.0. The van der Waals surface area contributed by atoms with Gasteiger partial charge in [-0.3, -0.25) is 9.89 Å². The van der Waals surface area contributed by atoms with E-state index in [0.717, 1.165) is 5.76 Å². The molecule has 3 N–H and O–H groups in total. The maximum Gasteiger partial charge on any atom is 0.291 e. The lowest BCUT2D eigenvalue weighted by Gasteiger charge is -1.96. The summed E-state index contributed by atoms with van der Waals surface area (Å²) in [5.41, 5.74) is 3.85. The number of benzene rings is 1. The summed E-state index contributed by atoms with van der Waals surface area (Å²) in [6, 6.07) is 11.7. The number of aromatic nitrogens is 2. The van der Waals surface area contributed by atoms with Crippen LogP contribution in [0.15, 0.2) is 52.0 Å². The van der Waals surface area contributed by atoms with Gasteiger partial charge in [0, 0.05) is 6.07 Å². The molecule has 0 aliphatic rings. The first-order chi connectivity index (χ1) is 11.1. The molecule has 1 amide bonds. The number of nitrogens with zero attached hydrogens (tertiary/aromatic N) is 2. The summed E-state index contributed by atoms with van der Waals surface area (Å²) in [6.45, 7) is 1.84. The van der Waals surface area contributed by atoms with E-state index in [9.17, 15) is 9.90 Å². The fourth-order valence-electron chi connectivity index (χ4n) is 1.97. The molecule has 7 nitrogen and oxygen atoms in total. The first-order valence-electron chi connectivity index (χ1n) is 6.86. The van der Waals surface area contributed by atoms with Gasteiger partial charge in [0.15, 0.2) is 11.5 Å². The summed E-state index contributed by atoms with van der Waals surface area (Å²) in [5, 5.41) is 19.8. The highest BCUT2D eigenvalue weighted by molar-refractivity contribution is 5.94. The number of rotatable bonds is 4. The number of aryl methyl sites for hydroxylation is 1. The minimum Gasteiger partial charge on any atom is -0.508 e. The lowest BCUT2D eigenvalue weighted by Crippen LogP contribution is -2.17. The number of phenols is 1. The molecular formula is C16H14N4O3. The number of amides is 1. The van der Waals surface area contributed by atoms with Gasteiger partial charge in [0.05, 0.1) is 6.21 Å². The van der Waals surface area contributed by atoms with Gasteiger partial charge in [0.2, 0.25) is 0 Å². The Morgan fingerprint density at radius 1 is 1.35 bits per heavy atom. The van der Waals surface area contributed by atoms with Crippen molar-refractivity contribution in [2.24, 2.45) is 5.10 Å². The van der Waals surface area contributed by atoms with Crippen molar-refractivity contribution in [2.75, 3.05) is 0 Å². The zero-order chi connectivity index (χ0) is 16.2. The Morgan fingerprint density at radius 2 is 2.22 bits per heavy atom. The molecule has 0 atom stereocenters. The highest BCUT2D eigenvalue weighted by atomic mass is 16.3. The smallest absolute Gasteiger partial charge is 0.291 e. The van der Waals surface area contributed by atoms with Crippen molar-refractivity contribution in [1.29, 1.82) is 0 Å². The van der Waals surface area contributed by atoms with Gasteiger partial charge < -0.3 is 9.52 Å². The third-order valence-corrected chi connectivity index (χ3v) is 3.07. The van der Waals surface area contributed by atoms with Crippen molar-refractivity contribution >= 4 is 12.1 Å². The van der Waals surface area contributed by atoms with Crippen molar-refractivity contribution in [2.45, 2.75) is 6.92 Å². The normalized spacial score (nSPS) is 11.0. The van der Waals surface area contributed by atoms with Crippen LogP contribution in [0.4, 0.5) is 0 Å².